The van der Waals surface area contributed by atoms with Crippen LogP contribution in [-0.2, 0) is 14.8 Å². The molecule has 1 unspecified atom stereocenters. The first-order valence-corrected chi connectivity index (χ1v) is 8.48. The molecule has 0 spiro atoms. The Morgan fingerprint density at radius 3 is 2.75 bits per heavy atom. The highest BCUT2D eigenvalue weighted by molar-refractivity contribution is 7.91. The Morgan fingerprint density at radius 2 is 2.20 bits per heavy atom. The van der Waals surface area contributed by atoms with Crippen LogP contribution in [-0.4, -0.2) is 26.9 Å². The number of nitrogens with zero attached hydrogens (tertiary/aromatic N) is 1. The molecule has 0 radical (unpaired) electrons. The molecule has 110 valence electrons. The summed E-state index contributed by atoms with van der Waals surface area (Å²) in [5, 5.41) is 11.4. The van der Waals surface area contributed by atoms with Gasteiger partial charge in [-0.25, -0.2) is 13.1 Å². The fraction of sp³-hybridized carbons (Fsp3) is 0.500. The molecule has 1 heterocycles. The van der Waals surface area contributed by atoms with Crippen LogP contribution in [0.4, 0.5) is 0 Å². The molecule has 1 aromatic rings. The van der Waals surface area contributed by atoms with E-state index in [2.05, 4.69) is 10.0 Å². The van der Waals surface area contributed by atoms with E-state index in [-0.39, 0.29) is 29.1 Å². The Kier molecular flexibility index (Phi) is 6.13. The lowest BCUT2D eigenvalue weighted by Gasteiger charge is -2.11. The van der Waals surface area contributed by atoms with Crippen LogP contribution in [0.3, 0.4) is 0 Å². The molecule has 1 amide bonds. The largest absolute Gasteiger partial charge is 0.354 e. The topological polar surface area (TPSA) is 99.1 Å². The molecule has 1 rings (SSSR count). The third kappa shape index (κ3) is 4.92. The number of amides is 1. The van der Waals surface area contributed by atoms with E-state index in [0.29, 0.717) is 4.88 Å². The van der Waals surface area contributed by atoms with E-state index in [1.807, 2.05) is 19.9 Å². The zero-order valence-corrected chi connectivity index (χ0v) is 13.0. The molecule has 0 fully saturated rings. The van der Waals surface area contributed by atoms with Gasteiger partial charge in [-0.2, -0.15) is 5.26 Å². The summed E-state index contributed by atoms with van der Waals surface area (Å²) in [5.74, 6) is -0.189. The number of nitriles is 1. The summed E-state index contributed by atoms with van der Waals surface area (Å²) in [6.07, 6.45) is 0.906. The summed E-state index contributed by atoms with van der Waals surface area (Å²) in [7, 11) is -3.64. The first-order chi connectivity index (χ1) is 9.39. The second-order valence-corrected chi connectivity index (χ2v) is 7.33. The SMILES string of the molecule is CCC(C)NC(=O)CCNS(=O)(=O)c1ccc(C#N)s1. The van der Waals surface area contributed by atoms with Gasteiger partial charge in [0.2, 0.25) is 15.9 Å². The Hall–Kier alpha value is -1.43. The van der Waals surface area contributed by atoms with E-state index in [4.69, 9.17) is 5.26 Å². The number of carbonyl (C=O) groups is 1. The van der Waals surface area contributed by atoms with Gasteiger partial charge >= 0.3 is 0 Å². The molecule has 1 aromatic heterocycles. The minimum absolute atomic E-state index is 0.0321. The van der Waals surface area contributed by atoms with Gasteiger partial charge in [0.1, 0.15) is 15.2 Å². The minimum Gasteiger partial charge on any atom is -0.354 e. The van der Waals surface area contributed by atoms with Crippen molar-refractivity contribution in [2.24, 2.45) is 0 Å². The number of hydrogen-bond donors (Lipinski definition) is 2. The van der Waals surface area contributed by atoms with Gasteiger partial charge in [-0.15, -0.1) is 11.3 Å². The van der Waals surface area contributed by atoms with Crippen LogP contribution < -0.4 is 10.0 Å². The summed E-state index contributed by atoms with van der Waals surface area (Å²) in [4.78, 5) is 11.8. The molecule has 2 N–H and O–H groups in total. The van der Waals surface area contributed by atoms with E-state index < -0.39 is 10.0 Å². The van der Waals surface area contributed by atoms with E-state index in [1.54, 1.807) is 0 Å². The van der Waals surface area contributed by atoms with Crippen molar-refractivity contribution in [3.05, 3.63) is 17.0 Å². The van der Waals surface area contributed by atoms with Gasteiger partial charge in [-0.1, -0.05) is 6.92 Å². The maximum absolute atomic E-state index is 11.9. The third-order valence-electron chi connectivity index (χ3n) is 2.62. The van der Waals surface area contributed by atoms with Crippen molar-refractivity contribution in [1.29, 1.82) is 5.26 Å². The maximum atomic E-state index is 11.9. The quantitative estimate of drug-likeness (QED) is 0.790. The van der Waals surface area contributed by atoms with Crippen LogP contribution in [0.15, 0.2) is 16.3 Å². The Balaban J connectivity index is 2.49. The molecule has 0 saturated heterocycles. The predicted octanol–water partition coefficient (Wildman–Crippen LogP) is 1.20. The van der Waals surface area contributed by atoms with E-state index in [9.17, 15) is 13.2 Å². The van der Waals surface area contributed by atoms with Gasteiger partial charge in [-0.05, 0) is 25.5 Å². The first-order valence-electron chi connectivity index (χ1n) is 6.18. The van der Waals surface area contributed by atoms with E-state index >= 15 is 0 Å². The Morgan fingerprint density at radius 1 is 1.50 bits per heavy atom. The zero-order chi connectivity index (χ0) is 15.2. The second kappa shape index (κ2) is 7.38. The van der Waals surface area contributed by atoms with Gasteiger partial charge in [0.25, 0.3) is 0 Å². The highest BCUT2D eigenvalue weighted by atomic mass is 32.2. The van der Waals surface area contributed by atoms with Gasteiger partial charge in [0.15, 0.2) is 0 Å². The fourth-order valence-corrected chi connectivity index (χ4v) is 3.52. The smallest absolute Gasteiger partial charge is 0.250 e. The molecule has 20 heavy (non-hydrogen) atoms. The highest BCUT2D eigenvalue weighted by Gasteiger charge is 2.17. The number of hydrogen-bond acceptors (Lipinski definition) is 5. The number of carbonyl (C=O) groups excluding carboxylic acids is 1. The van der Waals surface area contributed by atoms with Crippen LogP contribution in [0, 0.1) is 11.3 Å². The van der Waals surface area contributed by atoms with Crippen molar-refractivity contribution in [2.45, 2.75) is 36.9 Å². The van der Waals surface area contributed by atoms with Crippen molar-refractivity contribution < 1.29 is 13.2 Å². The zero-order valence-electron chi connectivity index (χ0n) is 11.3. The molecule has 0 aromatic carbocycles. The van der Waals surface area contributed by atoms with Crippen LogP contribution in [0.5, 0.6) is 0 Å². The molecule has 0 aliphatic rings. The van der Waals surface area contributed by atoms with Crippen molar-refractivity contribution >= 4 is 27.3 Å². The number of thiophene rings is 1. The normalized spacial score (nSPS) is 12.7. The van der Waals surface area contributed by atoms with Crippen LogP contribution >= 0.6 is 11.3 Å². The molecule has 1 atom stereocenters. The molecule has 8 heteroatoms. The standard InChI is InChI=1S/C12H17N3O3S2/c1-3-9(2)15-11(16)6-7-14-20(17,18)12-5-4-10(8-13)19-12/h4-5,9,14H,3,6-7H2,1-2H3,(H,15,16). The average Bonchev–Trinajstić information content (AvgIpc) is 2.87. The molecule has 0 aliphatic heterocycles. The predicted molar refractivity (Wildman–Crippen MR) is 76.7 cm³/mol. The van der Waals surface area contributed by atoms with Crippen molar-refractivity contribution in [3.8, 4) is 6.07 Å². The molecular formula is C12H17N3O3S2. The molecule has 0 aliphatic carbocycles. The van der Waals surface area contributed by atoms with E-state index in [1.165, 1.54) is 12.1 Å². The van der Waals surface area contributed by atoms with Crippen molar-refractivity contribution in [2.75, 3.05) is 6.54 Å². The molecule has 0 bridgehead atoms. The minimum atomic E-state index is -3.64. The van der Waals surface area contributed by atoms with Crippen molar-refractivity contribution in [1.82, 2.24) is 10.0 Å². The molecular weight excluding hydrogens is 298 g/mol. The summed E-state index contributed by atoms with van der Waals surface area (Å²) in [5.41, 5.74) is 0. The van der Waals surface area contributed by atoms with Crippen LogP contribution in [0.2, 0.25) is 0 Å². The monoisotopic (exact) mass is 315 g/mol. The second-order valence-electron chi connectivity index (χ2n) is 4.26. The maximum Gasteiger partial charge on any atom is 0.250 e. The number of sulfonamides is 1. The summed E-state index contributed by atoms with van der Waals surface area (Å²) >= 11 is 0.901. The van der Waals surface area contributed by atoms with Gasteiger partial charge < -0.3 is 5.32 Å². The Labute approximate surface area is 122 Å². The van der Waals surface area contributed by atoms with Crippen LogP contribution in [0.25, 0.3) is 0 Å². The molecule has 0 saturated carbocycles. The first kappa shape index (κ1) is 16.6. The van der Waals surface area contributed by atoms with Gasteiger partial charge in [-0.3, -0.25) is 4.79 Å². The number of nitrogens with one attached hydrogen (secondary N) is 2. The van der Waals surface area contributed by atoms with Crippen LogP contribution in [0.1, 0.15) is 31.6 Å². The fourth-order valence-electron chi connectivity index (χ4n) is 1.34. The lowest BCUT2D eigenvalue weighted by atomic mass is 10.2. The highest BCUT2D eigenvalue weighted by Crippen LogP contribution is 2.20. The number of rotatable bonds is 7. The van der Waals surface area contributed by atoms with E-state index in [0.717, 1.165) is 17.8 Å². The van der Waals surface area contributed by atoms with Gasteiger partial charge in [0.05, 0.1) is 0 Å². The summed E-state index contributed by atoms with van der Waals surface area (Å²) in [6.45, 7) is 3.87. The summed E-state index contributed by atoms with van der Waals surface area (Å²) < 4.78 is 26.2. The Bertz CT molecular complexity index is 602. The lowest BCUT2D eigenvalue weighted by molar-refractivity contribution is -0.121. The van der Waals surface area contributed by atoms with Gasteiger partial charge in [0, 0.05) is 19.0 Å². The third-order valence-corrected chi connectivity index (χ3v) is 5.56. The average molecular weight is 315 g/mol. The summed E-state index contributed by atoms with van der Waals surface area (Å²) in [6, 6.07) is 4.80. The molecule has 6 nitrogen and oxygen atoms in total. The lowest BCUT2D eigenvalue weighted by Crippen LogP contribution is -2.35. The van der Waals surface area contributed by atoms with Crippen molar-refractivity contribution in [3.63, 3.8) is 0 Å².